The van der Waals surface area contributed by atoms with Gasteiger partial charge in [-0.05, 0) is 48.9 Å². The number of nitrogens with one attached hydrogen (secondary N) is 1. The molecule has 6 heteroatoms. The van der Waals surface area contributed by atoms with Crippen molar-refractivity contribution in [3.8, 4) is 6.07 Å². The first-order valence-electron chi connectivity index (χ1n) is 7.58. The van der Waals surface area contributed by atoms with E-state index in [0.717, 1.165) is 18.7 Å². The summed E-state index contributed by atoms with van der Waals surface area (Å²) >= 11 is 6.07. The lowest BCUT2D eigenvalue weighted by atomic mass is 10.2. The SMILES string of the molecule is N#Cc1ccc(N2CCC(NC(=O)c3ccc(F)cc3)C2)cc1Cl. The van der Waals surface area contributed by atoms with Gasteiger partial charge in [0.2, 0.25) is 0 Å². The molecule has 2 aromatic rings. The highest BCUT2D eigenvalue weighted by atomic mass is 35.5. The number of benzene rings is 2. The van der Waals surface area contributed by atoms with Crippen LogP contribution in [-0.2, 0) is 0 Å². The highest BCUT2D eigenvalue weighted by Crippen LogP contribution is 2.26. The molecule has 1 saturated heterocycles. The van der Waals surface area contributed by atoms with E-state index in [1.165, 1.54) is 24.3 Å². The summed E-state index contributed by atoms with van der Waals surface area (Å²) in [5.74, 6) is -0.573. The summed E-state index contributed by atoms with van der Waals surface area (Å²) < 4.78 is 12.9. The van der Waals surface area contributed by atoms with Crippen LogP contribution in [0.5, 0.6) is 0 Å². The van der Waals surface area contributed by atoms with E-state index in [4.69, 9.17) is 16.9 Å². The van der Waals surface area contributed by atoms with E-state index < -0.39 is 0 Å². The molecule has 0 aromatic heterocycles. The minimum Gasteiger partial charge on any atom is -0.369 e. The first-order chi connectivity index (χ1) is 11.6. The molecule has 1 heterocycles. The van der Waals surface area contributed by atoms with Crippen molar-refractivity contribution in [3.05, 3.63) is 64.4 Å². The largest absolute Gasteiger partial charge is 0.369 e. The molecule has 0 saturated carbocycles. The fraction of sp³-hybridized carbons (Fsp3) is 0.222. The number of nitrogens with zero attached hydrogens (tertiary/aromatic N) is 2. The lowest BCUT2D eigenvalue weighted by molar-refractivity contribution is 0.0940. The van der Waals surface area contributed by atoms with Gasteiger partial charge < -0.3 is 10.2 Å². The summed E-state index contributed by atoms with van der Waals surface area (Å²) in [7, 11) is 0. The maximum Gasteiger partial charge on any atom is 0.251 e. The summed E-state index contributed by atoms with van der Waals surface area (Å²) in [6.45, 7) is 1.45. The van der Waals surface area contributed by atoms with E-state index >= 15 is 0 Å². The number of anilines is 1. The van der Waals surface area contributed by atoms with Crippen molar-refractivity contribution >= 4 is 23.2 Å². The van der Waals surface area contributed by atoms with E-state index in [0.29, 0.717) is 22.7 Å². The Hall–Kier alpha value is -2.58. The van der Waals surface area contributed by atoms with Gasteiger partial charge in [0.15, 0.2) is 0 Å². The number of amides is 1. The highest BCUT2D eigenvalue weighted by Gasteiger charge is 2.24. The Bertz CT molecular complexity index is 801. The van der Waals surface area contributed by atoms with Gasteiger partial charge in [0.05, 0.1) is 10.6 Å². The zero-order valence-corrected chi connectivity index (χ0v) is 13.6. The Morgan fingerprint density at radius 3 is 2.71 bits per heavy atom. The molecule has 0 bridgehead atoms. The maximum atomic E-state index is 12.9. The molecule has 1 fully saturated rings. The molecule has 2 aromatic carbocycles. The number of hydrogen-bond acceptors (Lipinski definition) is 3. The van der Waals surface area contributed by atoms with Gasteiger partial charge in [-0.2, -0.15) is 5.26 Å². The summed E-state index contributed by atoms with van der Waals surface area (Å²) in [5, 5.41) is 12.3. The smallest absolute Gasteiger partial charge is 0.251 e. The molecule has 1 amide bonds. The van der Waals surface area contributed by atoms with Crippen LogP contribution in [0.3, 0.4) is 0 Å². The Kier molecular flexibility index (Phi) is 4.68. The van der Waals surface area contributed by atoms with Crippen LogP contribution in [-0.4, -0.2) is 25.0 Å². The third kappa shape index (κ3) is 3.50. The predicted octanol–water partition coefficient (Wildman–Crippen LogP) is 3.36. The lowest BCUT2D eigenvalue weighted by Gasteiger charge is -2.19. The first kappa shape index (κ1) is 16.3. The van der Waals surface area contributed by atoms with Gasteiger partial charge in [-0.1, -0.05) is 11.6 Å². The third-order valence-corrected chi connectivity index (χ3v) is 4.38. The van der Waals surface area contributed by atoms with Crippen molar-refractivity contribution in [2.24, 2.45) is 0 Å². The Balaban J connectivity index is 1.63. The third-order valence-electron chi connectivity index (χ3n) is 4.07. The predicted molar refractivity (Wildman–Crippen MR) is 90.7 cm³/mol. The van der Waals surface area contributed by atoms with Crippen LogP contribution in [0.2, 0.25) is 5.02 Å². The molecular formula is C18H15ClFN3O. The average molecular weight is 344 g/mol. The van der Waals surface area contributed by atoms with Gasteiger partial charge >= 0.3 is 0 Å². The van der Waals surface area contributed by atoms with Crippen LogP contribution >= 0.6 is 11.6 Å². The second-order valence-electron chi connectivity index (χ2n) is 5.69. The van der Waals surface area contributed by atoms with Crippen molar-refractivity contribution in [2.45, 2.75) is 12.5 Å². The summed E-state index contributed by atoms with van der Waals surface area (Å²) in [6.07, 6.45) is 0.810. The fourth-order valence-corrected chi connectivity index (χ4v) is 2.99. The van der Waals surface area contributed by atoms with Crippen LogP contribution in [0.4, 0.5) is 10.1 Å². The molecule has 122 valence electrons. The molecule has 0 spiro atoms. The van der Waals surface area contributed by atoms with E-state index in [-0.39, 0.29) is 17.8 Å². The van der Waals surface area contributed by atoms with Crippen molar-refractivity contribution in [3.63, 3.8) is 0 Å². The van der Waals surface area contributed by atoms with Gasteiger partial charge in [-0.15, -0.1) is 0 Å². The van der Waals surface area contributed by atoms with Crippen LogP contribution in [0.15, 0.2) is 42.5 Å². The van der Waals surface area contributed by atoms with Gasteiger partial charge in [0.25, 0.3) is 5.91 Å². The zero-order chi connectivity index (χ0) is 17.1. The van der Waals surface area contributed by atoms with E-state index in [2.05, 4.69) is 10.2 Å². The topological polar surface area (TPSA) is 56.1 Å². The Morgan fingerprint density at radius 2 is 2.04 bits per heavy atom. The molecule has 4 nitrogen and oxygen atoms in total. The zero-order valence-electron chi connectivity index (χ0n) is 12.8. The maximum absolute atomic E-state index is 12.9. The van der Waals surface area contributed by atoms with Gasteiger partial charge in [0.1, 0.15) is 11.9 Å². The van der Waals surface area contributed by atoms with Crippen molar-refractivity contribution in [1.29, 1.82) is 5.26 Å². The van der Waals surface area contributed by atoms with Crippen molar-refractivity contribution in [2.75, 3.05) is 18.0 Å². The fourth-order valence-electron chi connectivity index (χ4n) is 2.77. The molecule has 1 N–H and O–H groups in total. The van der Waals surface area contributed by atoms with Crippen LogP contribution in [0, 0.1) is 17.1 Å². The summed E-state index contributed by atoms with van der Waals surface area (Å²) in [6, 6.07) is 12.9. The Morgan fingerprint density at radius 1 is 1.29 bits per heavy atom. The minimum atomic E-state index is -0.365. The highest BCUT2D eigenvalue weighted by molar-refractivity contribution is 6.32. The normalized spacial score (nSPS) is 16.7. The monoisotopic (exact) mass is 343 g/mol. The number of halogens is 2. The number of rotatable bonds is 3. The second-order valence-corrected chi connectivity index (χ2v) is 6.10. The van der Waals surface area contributed by atoms with Gasteiger partial charge in [-0.3, -0.25) is 4.79 Å². The Labute approximate surface area is 144 Å². The standard InChI is InChI=1S/C18H15ClFN3O/c19-17-9-16(6-3-13(17)10-21)23-8-7-15(11-23)22-18(24)12-1-4-14(20)5-2-12/h1-6,9,15H,7-8,11H2,(H,22,24). The van der Waals surface area contributed by atoms with Crippen LogP contribution < -0.4 is 10.2 Å². The van der Waals surface area contributed by atoms with Crippen LogP contribution in [0.25, 0.3) is 0 Å². The van der Waals surface area contributed by atoms with E-state index in [1.807, 2.05) is 12.1 Å². The summed E-state index contributed by atoms with van der Waals surface area (Å²) in [5.41, 5.74) is 1.81. The quantitative estimate of drug-likeness (QED) is 0.929. The lowest BCUT2D eigenvalue weighted by Crippen LogP contribution is -2.37. The molecule has 1 atom stereocenters. The minimum absolute atomic E-state index is 0.0111. The van der Waals surface area contributed by atoms with Crippen molar-refractivity contribution in [1.82, 2.24) is 5.32 Å². The van der Waals surface area contributed by atoms with Crippen molar-refractivity contribution < 1.29 is 9.18 Å². The number of nitriles is 1. The summed E-state index contributed by atoms with van der Waals surface area (Å²) in [4.78, 5) is 14.3. The van der Waals surface area contributed by atoms with E-state index in [1.54, 1.807) is 12.1 Å². The molecular weight excluding hydrogens is 329 g/mol. The first-order valence-corrected chi connectivity index (χ1v) is 7.95. The molecule has 24 heavy (non-hydrogen) atoms. The molecule has 0 aliphatic carbocycles. The second kappa shape index (κ2) is 6.90. The number of hydrogen-bond donors (Lipinski definition) is 1. The van der Waals surface area contributed by atoms with Crippen LogP contribution in [0.1, 0.15) is 22.3 Å². The molecule has 1 aliphatic rings. The average Bonchev–Trinajstić information content (AvgIpc) is 3.04. The number of carbonyl (C=O) groups is 1. The van der Waals surface area contributed by atoms with Gasteiger partial charge in [-0.25, -0.2) is 4.39 Å². The number of carbonyl (C=O) groups excluding carboxylic acids is 1. The molecule has 1 aliphatic heterocycles. The van der Waals surface area contributed by atoms with Gasteiger partial charge in [0, 0.05) is 30.4 Å². The molecule has 0 radical (unpaired) electrons. The molecule has 1 unspecified atom stereocenters. The molecule has 3 rings (SSSR count). The van der Waals surface area contributed by atoms with E-state index in [9.17, 15) is 9.18 Å².